The molecule has 0 atom stereocenters. The van der Waals surface area contributed by atoms with Gasteiger partial charge in [-0.3, -0.25) is 0 Å². The highest BCUT2D eigenvalue weighted by Crippen LogP contribution is 2.32. The minimum atomic E-state index is 0.194. The molecular formula is C24H50O. The maximum atomic E-state index is 6.57. The summed E-state index contributed by atoms with van der Waals surface area (Å²) in [6.07, 6.45) is 24.3. The van der Waals surface area contributed by atoms with Gasteiger partial charge in [0.05, 0.1) is 5.60 Å². The topological polar surface area (TPSA) is 9.23 Å². The Hall–Kier alpha value is -0.0400. The van der Waals surface area contributed by atoms with E-state index in [4.69, 9.17) is 4.74 Å². The first kappa shape index (κ1) is 25.0. The summed E-state index contributed by atoms with van der Waals surface area (Å²) in [6.45, 7) is 10.2. The van der Waals surface area contributed by atoms with Crippen LogP contribution in [0, 0.1) is 0 Å². The first-order valence-corrected chi connectivity index (χ1v) is 11.9. The first-order valence-electron chi connectivity index (χ1n) is 11.9. The molecule has 152 valence electrons. The second-order valence-electron chi connectivity index (χ2n) is 8.17. The van der Waals surface area contributed by atoms with Crippen molar-refractivity contribution in [1.29, 1.82) is 0 Å². The standard InChI is InChI=1S/C24H50O/c1-5-9-12-14-16-18-21-24(20-8-4,25-23-11-7-3)22-19-17-15-13-10-6-2/h5-23H2,1-4H3. The van der Waals surface area contributed by atoms with Crippen molar-refractivity contribution in [2.75, 3.05) is 6.61 Å². The maximum absolute atomic E-state index is 6.57. The van der Waals surface area contributed by atoms with E-state index in [1.165, 1.54) is 116 Å². The minimum absolute atomic E-state index is 0.194. The molecule has 0 N–H and O–H groups in total. The smallest absolute Gasteiger partial charge is 0.0682 e. The van der Waals surface area contributed by atoms with Gasteiger partial charge in [-0.05, 0) is 25.7 Å². The molecule has 1 nitrogen and oxygen atoms in total. The molecule has 0 aliphatic carbocycles. The van der Waals surface area contributed by atoms with Crippen LogP contribution in [0.15, 0.2) is 0 Å². The van der Waals surface area contributed by atoms with Crippen LogP contribution in [0.25, 0.3) is 0 Å². The summed E-state index contributed by atoms with van der Waals surface area (Å²) in [7, 11) is 0. The third kappa shape index (κ3) is 14.8. The summed E-state index contributed by atoms with van der Waals surface area (Å²) in [6, 6.07) is 0. The minimum Gasteiger partial charge on any atom is -0.375 e. The highest BCUT2D eigenvalue weighted by atomic mass is 16.5. The van der Waals surface area contributed by atoms with Crippen molar-refractivity contribution in [1.82, 2.24) is 0 Å². The van der Waals surface area contributed by atoms with Gasteiger partial charge in [0.1, 0.15) is 0 Å². The Morgan fingerprint density at radius 3 is 1.32 bits per heavy atom. The van der Waals surface area contributed by atoms with Gasteiger partial charge in [-0.25, -0.2) is 0 Å². The molecule has 0 saturated heterocycles. The quantitative estimate of drug-likeness (QED) is 0.198. The molecular weight excluding hydrogens is 304 g/mol. The lowest BCUT2D eigenvalue weighted by atomic mass is 9.85. The fourth-order valence-corrected chi connectivity index (χ4v) is 3.94. The highest BCUT2D eigenvalue weighted by Gasteiger charge is 2.28. The molecule has 0 aliphatic heterocycles. The molecule has 0 unspecified atom stereocenters. The van der Waals surface area contributed by atoms with Crippen molar-refractivity contribution in [2.45, 2.75) is 149 Å². The molecule has 0 bridgehead atoms. The zero-order valence-corrected chi connectivity index (χ0v) is 18.3. The average molecular weight is 355 g/mol. The van der Waals surface area contributed by atoms with Crippen molar-refractivity contribution in [3.63, 3.8) is 0 Å². The Balaban J connectivity index is 4.31. The molecule has 0 aromatic heterocycles. The maximum Gasteiger partial charge on any atom is 0.0682 e. The van der Waals surface area contributed by atoms with Crippen LogP contribution < -0.4 is 0 Å². The number of unbranched alkanes of at least 4 members (excludes halogenated alkanes) is 11. The largest absolute Gasteiger partial charge is 0.375 e. The van der Waals surface area contributed by atoms with Gasteiger partial charge < -0.3 is 4.74 Å². The fourth-order valence-electron chi connectivity index (χ4n) is 3.94. The summed E-state index contributed by atoms with van der Waals surface area (Å²) in [5.74, 6) is 0. The lowest BCUT2D eigenvalue weighted by molar-refractivity contribution is -0.0680. The Morgan fingerprint density at radius 1 is 0.440 bits per heavy atom. The van der Waals surface area contributed by atoms with E-state index < -0.39 is 0 Å². The van der Waals surface area contributed by atoms with E-state index in [0.717, 1.165) is 6.61 Å². The Kier molecular flexibility index (Phi) is 18.7. The van der Waals surface area contributed by atoms with E-state index in [1.54, 1.807) is 0 Å². The van der Waals surface area contributed by atoms with E-state index in [0.29, 0.717) is 0 Å². The molecule has 0 aliphatic rings. The van der Waals surface area contributed by atoms with Gasteiger partial charge in [0.2, 0.25) is 0 Å². The molecule has 0 rings (SSSR count). The summed E-state index contributed by atoms with van der Waals surface area (Å²) in [5, 5.41) is 0. The summed E-state index contributed by atoms with van der Waals surface area (Å²) in [4.78, 5) is 0. The second kappa shape index (κ2) is 18.7. The molecule has 0 fully saturated rings. The van der Waals surface area contributed by atoms with Gasteiger partial charge in [-0.2, -0.15) is 0 Å². The Morgan fingerprint density at radius 2 is 0.880 bits per heavy atom. The van der Waals surface area contributed by atoms with E-state index in [9.17, 15) is 0 Å². The van der Waals surface area contributed by atoms with Gasteiger partial charge >= 0.3 is 0 Å². The number of ether oxygens (including phenoxy) is 1. The van der Waals surface area contributed by atoms with Crippen LogP contribution in [-0.4, -0.2) is 12.2 Å². The van der Waals surface area contributed by atoms with E-state index >= 15 is 0 Å². The van der Waals surface area contributed by atoms with Crippen LogP contribution in [0.5, 0.6) is 0 Å². The SMILES string of the molecule is CCCCCCCCC(CCC)(CCCCCCCC)OCCCC. The van der Waals surface area contributed by atoms with Crippen LogP contribution in [0.4, 0.5) is 0 Å². The third-order valence-electron chi connectivity index (χ3n) is 5.58. The van der Waals surface area contributed by atoms with Crippen molar-refractivity contribution in [3.8, 4) is 0 Å². The predicted octanol–water partition coefficient (Wildman–Crippen LogP) is 8.84. The Bertz CT molecular complexity index is 232. The predicted molar refractivity (Wildman–Crippen MR) is 114 cm³/mol. The van der Waals surface area contributed by atoms with Gasteiger partial charge in [0, 0.05) is 6.61 Å². The van der Waals surface area contributed by atoms with Crippen LogP contribution in [0.1, 0.15) is 143 Å². The lowest BCUT2D eigenvalue weighted by Crippen LogP contribution is -2.33. The van der Waals surface area contributed by atoms with E-state index in [-0.39, 0.29) is 5.60 Å². The molecule has 0 radical (unpaired) electrons. The van der Waals surface area contributed by atoms with Crippen LogP contribution in [0.3, 0.4) is 0 Å². The van der Waals surface area contributed by atoms with Gasteiger partial charge in [0.15, 0.2) is 0 Å². The third-order valence-corrected chi connectivity index (χ3v) is 5.58. The normalized spacial score (nSPS) is 12.0. The Labute approximate surface area is 160 Å². The monoisotopic (exact) mass is 354 g/mol. The molecule has 0 heterocycles. The summed E-state index contributed by atoms with van der Waals surface area (Å²) >= 11 is 0. The first-order chi connectivity index (χ1) is 12.2. The van der Waals surface area contributed by atoms with Gasteiger partial charge in [-0.15, -0.1) is 0 Å². The summed E-state index contributed by atoms with van der Waals surface area (Å²) in [5.41, 5.74) is 0.194. The zero-order valence-electron chi connectivity index (χ0n) is 18.3. The van der Waals surface area contributed by atoms with E-state index in [1.807, 2.05) is 0 Å². The van der Waals surface area contributed by atoms with Crippen molar-refractivity contribution in [2.24, 2.45) is 0 Å². The van der Waals surface area contributed by atoms with Crippen LogP contribution >= 0.6 is 0 Å². The molecule has 25 heavy (non-hydrogen) atoms. The molecule has 0 aromatic rings. The van der Waals surface area contributed by atoms with Gasteiger partial charge in [-0.1, -0.05) is 118 Å². The molecule has 1 heteroatoms. The molecule has 0 spiro atoms. The number of hydrogen-bond acceptors (Lipinski definition) is 1. The summed E-state index contributed by atoms with van der Waals surface area (Å²) < 4.78 is 6.57. The van der Waals surface area contributed by atoms with E-state index in [2.05, 4.69) is 27.7 Å². The molecule has 0 saturated carbocycles. The van der Waals surface area contributed by atoms with Crippen molar-refractivity contribution in [3.05, 3.63) is 0 Å². The number of rotatable bonds is 20. The van der Waals surface area contributed by atoms with Crippen molar-refractivity contribution < 1.29 is 4.74 Å². The number of hydrogen-bond donors (Lipinski definition) is 0. The zero-order chi connectivity index (χ0) is 18.6. The van der Waals surface area contributed by atoms with Crippen molar-refractivity contribution >= 4 is 0 Å². The van der Waals surface area contributed by atoms with Crippen LogP contribution in [0.2, 0.25) is 0 Å². The highest BCUT2D eigenvalue weighted by molar-refractivity contribution is 4.81. The fraction of sp³-hybridized carbons (Fsp3) is 1.00. The average Bonchev–Trinajstić information content (AvgIpc) is 2.61. The van der Waals surface area contributed by atoms with Gasteiger partial charge in [0.25, 0.3) is 0 Å². The molecule has 0 amide bonds. The lowest BCUT2D eigenvalue weighted by Gasteiger charge is -2.34. The molecule has 0 aromatic carbocycles. The van der Waals surface area contributed by atoms with Crippen LogP contribution in [-0.2, 0) is 4.74 Å². The second-order valence-corrected chi connectivity index (χ2v) is 8.17.